The van der Waals surface area contributed by atoms with E-state index in [9.17, 15) is 0 Å². The number of thiazole rings is 1. The highest BCUT2D eigenvalue weighted by molar-refractivity contribution is 7.25. The molecule has 0 amide bonds. The summed E-state index contributed by atoms with van der Waals surface area (Å²) in [6.45, 7) is 0. The first kappa shape index (κ1) is 7.32. The molecular formula is C8H5BN2S. The van der Waals surface area contributed by atoms with Crippen molar-refractivity contribution in [2.45, 2.75) is 0 Å². The molecular weight excluding hydrogens is 167 g/mol. The minimum absolute atomic E-state index is 0.700. The Morgan fingerprint density at radius 1 is 1.50 bits per heavy atom. The van der Waals surface area contributed by atoms with Crippen molar-refractivity contribution in [2.75, 3.05) is 0 Å². The Kier molecular flexibility index (Phi) is 1.59. The zero-order chi connectivity index (χ0) is 8.55. The van der Waals surface area contributed by atoms with E-state index in [4.69, 9.17) is 5.26 Å². The lowest BCUT2D eigenvalue weighted by Gasteiger charge is -1.86. The minimum Gasteiger partial charge on any atom is -0.252 e. The molecule has 0 aliphatic heterocycles. The predicted octanol–water partition coefficient (Wildman–Crippen LogP) is 0.426. The normalized spacial score (nSPS) is 9.92. The van der Waals surface area contributed by atoms with E-state index in [0.717, 1.165) is 15.1 Å². The molecule has 4 heteroatoms. The van der Waals surface area contributed by atoms with E-state index < -0.39 is 0 Å². The van der Waals surface area contributed by atoms with Gasteiger partial charge in [0.25, 0.3) is 0 Å². The Morgan fingerprint density at radius 3 is 3.08 bits per heavy atom. The monoisotopic (exact) mass is 172 g/mol. The van der Waals surface area contributed by atoms with Gasteiger partial charge in [-0.05, 0) is 18.2 Å². The molecule has 0 radical (unpaired) electrons. The van der Waals surface area contributed by atoms with Crippen LogP contribution in [0.5, 0.6) is 0 Å². The molecule has 0 aliphatic rings. The largest absolute Gasteiger partial charge is 0.252 e. The summed E-state index contributed by atoms with van der Waals surface area (Å²) in [5.74, 6) is 0. The number of nitrogens with zero attached hydrogens (tertiary/aromatic N) is 2. The lowest BCUT2D eigenvalue weighted by Crippen LogP contribution is -1.96. The summed E-state index contributed by atoms with van der Waals surface area (Å²) in [4.78, 5) is 5.34. The number of nitriles is 1. The molecule has 0 aliphatic carbocycles. The van der Waals surface area contributed by atoms with E-state index in [1.807, 2.05) is 20.0 Å². The van der Waals surface area contributed by atoms with Crippen LogP contribution in [0.1, 0.15) is 5.56 Å². The van der Waals surface area contributed by atoms with Crippen LogP contribution >= 0.6 is 11.3 Å². The summed E-state index contributed by atoms with van der Waals surface area (Å²) in [6, 6.07) is 7.66. The van der Waals surface area contributed by atoms with Gasteiger partial charge in [0.15, 0.2) is 7.85 Å². The molecule has 56 valence electrons. The second-order valence-corrected chi connectivity index (χ2v) is 3.76. The van der Waals surface area contributed by atoms with Crippen LogP contribution in [0.15, 0.2) is 18.2 Å². The molecule has 0 N–H and O–H groups in total. The number of aromatic nitrogens is 1. The molecule has 1 heterocycles. The van der Waals surface area contributed by atoms with E-state index in [-0.39, 0.29) is 0 Å². The third-order valence-corrected chi connectivity index (χ3v) is 2.56. The minimum atomic E-state index is 0.700. The SMILES string of the molecule is Bc1nc2ccc(C#N)cc2s1. The van der Waals surface area contributed by atoms with Gasteiger partial charge in [0.2, 0.25) is 0 Å². The van der Waals surface area contributed by atoms with Gasteiger partial charge < -0.3 is 0 Å². The van der Waals surface area contributed by atoms with Gasteiger partial charge in [0.05, 0.1) is 21.8 Å². The molecule has 0 fully saturated rings. The van der Waals surface area contributed by atoms with Gasteiger partial charge in [-0.1, -0.05) is 0 Å². The van der Waals surface area contributed by atoms with Gasteiger partial charge in [-0.15, -0.1) is 11.3 Å². The molecule has 0 bridgehead atoms. The Hall–Kier alpha value is -1.34. The van der Waals surface area contributed by atoms with Crippen LogP contribution in [-0.2, 0) is 0 Å². The number of fused-ring (bicyclic) bond motifs is 1. The van der Waals surface area contributed by atoms with Crippen LogP contribution < -0.4 is 4.91 Å². The molecule has 2 nitrogen and oxygen atoms in total. The Balaban J connectivity index is 2.77. The molecule has 2 aromatic rings. The molecule has 0 spiro atoms. The lowest BCUT2D eigenvalue weighted by molar-refractivity contribution is 1.49. The van der Waals surface area contributed by atoms with E-state index in [2.05, 4.69) is 11.1 Å². The molecule has 1 aromatic heterocycles. The Labute approximate surface area is 74.9 Å². The summed E-state index contributed by atoms with van der Waals surface area (Å²) < 4.78 is 1.09. The van der Waals surface area contributed by atoms with Gasteiger partial charge in [-0.2, -0.15) is 5.26 Å². The first-order valence-electron chi connectivity index (χ1n) is 3.57. The number of hydrogen-bond acceptors (Lipinski definition) is 3. The summed E-state index contributed by atoms with van der Waals surface area (Å²) in [5.41, 5.74) is 1.68. The Morgan fingerprint density at radius 2 is 2.33 bits per heavy atom. The second kappa shape index (κ2) is 2.61. The molecule has 0 unspecified atom stereocenters. The molecule has 1 aromatic carbocycles. The summed E-state index contributed by atoms with van der Waals surface area (Å²) in [5, 5.41) is 8.64. The topological polar surface area (TPSA) is 36.7 Å². The summed E-state index contributed by atoms with van der Waals surface area (Å²) in [7, 11) is 1.97. The predicted molar refractivity (Wildman–Crippen MR) is 52.5 cm³/mol. The number of hydrogen-bond donors (Lipinski definition) is 0. The molecule has 0 saturated carbocycles. The maximum absolute atomic E-state index is 8.64. The zero-order valence-corrected chi connectivity index (χ0v) is 7.35. The van der Waals surface area contributed by atoms with E-state index >= 15 is 0 Å². The number of benzene rings is 1. The fraction of sp³-hybridized carbons (Fsp3) is 0. The maximum Gasteiger partial charge on any atom is 0.177 e. The van der Waals surface area contributed by atoms with Crippen molar-refractivity contribution in [2.24, 2.45) is 0 Å². The molecule has 0 atom stereocenters. The quantitative estimate of drug-likeness (QED) is 0.540. The standard InChI is InChI=1S/C8H5BN2S/c9-8-11-6-2-1-5(4-10)3-7(6)12-8/h1-3H,9H2. The average Bonchev–Trinajstić information content (AvgIpc) is 2.43. The second-order valence-electron chi connectivity index (χ2n) is 2.53. The van der Waals surface area contributed by atoms with E-state index in [1.165, 1.54) is 0 Å². The van der Waals surface area contributed by atoms with E-state index in [1.54, 1.807) is 17.4 Å². The van der Waals surface area contributed by atoms with Gasteiger partial charge in [0, 0.05) is 4.91 Å². The molecule has 2 rings (SSSR count). The van der Waals surface area contributed by atoms with Crippen LogP contribution in [-0.4, -0.2) is 12.8 Å². The maximum atomic E-state index is 8.64. The van der Waals surface area contributed by atoms with Crippen molar-refractivity contribution >= 4 is 34.3 Å². The van der Waals surface area contributed by atoms with Crippen LogP contribution in [0.3, 0.4) is 0 Å². The summed E-state index contributed by atoms with van der Waals surface area (Å²) >= 11 is 1.62. The molecule has 12 heavy (non-hydrogen) atoms. The zero-order valence-electron chi connectivity index (χ0n) is 6.53. The fourth-order valence-electron chi connectivity index (χ4n) is 1.11. The van der Waals surface area contributed by atoms with Gasteiger partial charge in [0.1, 0.15) is 0 Å². The first-order chi connectivity index (χ1) is 5.79. The fourth-order valence-corrected chi connectivity index (χ4v) is 1.98. The highest BCUT2D eigenvalue weighted by Gasteiger charge is 1.99. The van der Waals surface area contributed by atoms with Crippen molar-refractivity contribution in [3.05, 3.63) is 23.8 Å². The van der Waals surface area contributed by atoms with Crippen molar-refractivity contribution in [1.29, 1.82) is 5.26 Å². The van der Waals surface area contributed by atoms with Crippen LogP contribution in [0.25, 0.3) is 10.2 Å². The van der Waals surface area contributed by atoms with Crippen molar-refractivity contribution in [1.82, 2.24) is 4.98 Å². The highest BCUT2D eigenvalue weighted by atomic mass is 32.1. The Bertz CT molecular complexity index is 469. The highest BCUT2D eigenvalue weighted by Crippen LogP contribution is 2.16. The van der Waals surface area contributed by atoms with Gasteiger partial charge in [-0.3, -0.25) is 4.98 Å². The van der Waals surface area contributed by atoms with Gasteiger partial charge in [-0.25, -0.2) is 0 Å². The van der Waals surface area contributed by atoms with Crippen molar-refractivity contribution < 1.29 is 0 Å². The number of rotatable bonds is 0. The third-order valence-electron chi connectivity index (χ3n) is 1.62. The first-order valence-corrected chi connectivity index (χ1v) is 4.38. The smallest absolute Gasteiger partial charge is 0.177 e. The van der Waals surface area contributed by atoms with Crippen molar-refractivity contribution in [3.63, 3.8) is 0 Å². The van der Waals surface area contributed by atoms with Crippen LogP contribution in [0, 0.1) is 11.3 Å². The van der Waals surface area contributed by atoms with E-state index in [0.29, 0.717) is 5.56 Å². The van der Waals surface area contributed by atoms with Gasteiger partial charge >= 0.3 is 0 Å². The lowest BCUT2D eigenvalue weighted by atomic mass is 10.2. The van der Waals surface area contributed by atoms with Crippen molar-refractivity contribution in [3.8, 4) is 6.07 Å². The third kappa shape index (κ3) is 1.08. The molecule has 0 saturated heterocycles. The van der Waals surface area contributed by atoms with Crippen LogP contribution in [0.4, 0.5) is 0 Å². The average molecular weight is 172 g/mol. The summed E-state index contributed by atoms with van der Waals surface area (Å²) in [6.07, 6.45) is 0. The van der Waals surface area contributed by atoms with Crippen LogP contribution in [0.2, 0.25) is 0 Å².